The Hall–Kier alpha value is -6.53. The van der Waals surface area contributed by atoms with Crippen LogP contribution in [0.5, 0.6) is 0 Å². The van der Waals surface area contributed by atoms with Gasteiger partial charge in [-0.2, -0.15) is 0 Å². The fourth-order valence-corrected chi connectivity index (χ4v) is 8.60. The van der Waals surface area contributed by atoms with Gasteiger partial charge in [-0.15, -0.1) is 0 Å². The minimum absolute atomic E-state index is 0.139. The Labute approximate surface area is 285 Å². The molecule has 0 radical (unpaired) electrons. The van der Waals surface area contributed by atoms with E-state index in [4.69, 9.17) is 14.4 Å². The Kier molecular flexibility index (Phi) is 5.24. The predicted molar refractivity (Wildman–Crippen MR) is 202 cm³/mol. The molecule has 6 aromatic carbocycles. The lowest BCUT2D eigenvalue weighted by atomic mass is 9.82. The van der Waals surface area contributed by atoms with Crippen LogP contribution in [0.4, 0.5) is 0 Å². The van der Waals surface area contributed by atoms with E-state index >= 15 is 0 Å². The van der Waals surface area contributed by atoms with Crippen molar-refractivity contribution >= 4 is 65.6 Å². The van der Waals surface area contributed by atoms with Crippen LogP contribution in [0.15, 0.2) is 143 Å². The molecule has 1 aliphatic rings. The van der Waals surface area contributed by atoms with Crippen LogP contribution in [-0.2, 0) is 5.41 Å². The van der Waals surface area contributed by atoms with Crippen molar-refractivity contribution in [3.63, 3.8) is 0 Å². The van der Waals surface area contributed by atoms with Crippen molar-refractivity contribution in [2.45, 2.75) is 19.3 Å². The number of hydrogen-bond donors (Lipinski definition) is 0. The number of para-hydroxylation sites is 2. The van der Waals surface area contributed by atoms with Gasteiger partial charge in [0.15, 0.2) is 5.82 Å². The van der Waals surface area contributed by atoms with Crippen molar-refractivity contribution in [2.75, 3.05) is 0 Å². The summed E-state index contributed by atoms with van der Waals surface area (Å²) in [6, 6.07) is 43.5. The lowest BCUT2D eigenvalue weighted by molar-refractivity contribution is 0.661. The lowest BCUT2D eigenvalue weighted by Crippen LogP contribution is -2.21. The average Bonchev–Trinajstić information content (AvgIpc) is 3.77. The highest BCUT2D eigenvalue weighted by atomic mass is 16.3. The van der Waals surface area contributed by atoms with Crippen LogP contribution < -0.4 is 5.56 Å². The first-order valence-electron chi connectivity index (χ1n) is 16.9. The van der Waals surface area contributed by atoms with Crippen LogP contribution in [0.3, 0.4) is 0 Å². The van der Waals surface area contributed by atoms with E-state index in [9.17, 15) is 4.79 Å². The van der Waals surface area contributed by atoms with Gasteiger partial charge in [0.05, 0.1) is 22.1 Å². The van der Waals surface area contributed by atoms with Crippen LogP contribution >= 0.6 is 0 Å². The van der Waals surface area contributed by atoms with Crippen LogP contribution in [0.1, 0.15) is 25.0 Å². The Balaban J connectivity index is 1.34. The van der Waals surface area contributed by atoms with Gasteiger partial charge in [0.25, 0.3) is 5.56 Å². The molecule has 0 bridgehead atoms. The molecule has 0 atom stereocenters. The van der Waals surface area contributed by atoms with Crippen molar-refractivity contribution < 1.29 is 4.42 Å². The van der Waals surface area contributed by atoms with E-state index < -0.39 is 0 Å². The Bertz CT molecular complexity index is 3160. The van der Waals surface area contributed by atoms with Gasteiger partial charge in [-0.25, -0.2) is 9.97 Å². The maximum atomic E-state index is 14.9. The van der Waals surface area contributed by atoms with E-state index in [0.717, 1.165) is 49.2 Å². The highest BCUT2D eigenvalue weighted by molar-refractivity contribution is 6.15. The second kappa shape index (κ2) is 9.55. The molecule has 0 fully saturated rings. The van der Waals surface area contributed by atoms with Crippen molar-refractivity contribution in [3.05, 3.63) is 155 Å². The molecule has 236 valence electrons. The topological polar surface area (TPSA) is 65.8 Å². The van der Waals surface area contributed by atoms with Crippen molar-refractivity contribution in [1.82, 2.24) is 19.1 Å². The normalized spacial score (nSPS) is 13.6. The number of pyridine rings is 1. The van der Waals surface area contributed by atoms with Gasteiger partial charge >= 0.3 is 0 Å². The van der Waals surface area contributed by atoms with Crippen molar-refractivity contribution in [1.29, 1.82) is 0 Å². The van der Waals surface area contributed by atoms with Crippen LogP contribution in [0.25, 0.3) is 88.2 Å². The Morgan fingerprint density at radius 3 is 2.18 bits per heavy atom. The zero-order valence-corrected chi connectivity index (χ0v) is 27.3. The van der Waals surface area contributed by atoms with E-state index in [-0.39, 0.29) is 11.0 Å². The van der Waals surface area contributed by atoms with E-state index in [2.05, 4.69) is 79.1 Å². The molecule has 4 aromatic heterocycles. The quantitative estimate of drug-likeness (QED) is 0.176. The number of rotatable bonds is 2. The predicted octanol–water partition coefficient (Wildman–Crippen LogP) is 10.2. The van der Waals surface area contributed by atoms with Crippen LogP contribution in [0.2, 0.25) is 0 Å². The molecule has 10 aromatic rings. The third-order valence-corrected chi connectivity index (χ3v) is 10.9. The highest BCUT2D eigenvalue weighted by Crippen LogP contribution is 2.51. The van der Waals surface area contributed by atoms with E-state index in [0.29, 0.717) is 27.8 Å². The molecule has 0 amide bonds. The summed E-state index contributed by atoms with van der Waals surface area (Å²) < 4.78 is 10.3. The summed E-state index contributed by atoms with van der Waals surface area (Å²) in [4.78, 5) is 24.9. The standard InChI is InChI=1S/C44H28N4O2/c1-44(2)32-17-8-5-12-25(32)30-22-31-26-13-6-9-18-34(26)47(36(31)23-33(30)44)42-41-40(45-24-46-42)27-14-3-4-15-28(27)43(49)48(41)35-19-11-21-38-39(35)29-16-7-10-20-37(29)50-38/h3-24H,1-2H3. The first-order chi connectivity index (χ1) is 24.5. The number of furan rings is 1. The minimum Gasteiger partial charge on any atom is -0.456 e. The Morgan fingerprint density at radius 1 is 0.580 bits per heavy atom. The second-order valence-corrected chi connectivity index (χ2v) is 13.8. The third-order valence-electron chi connectivity index (χ3n) is 10.9. The summed E-state index contributed by atoms with van der Waals surface area (Å²) in [5, 5.41) is 5.45. The average molecular weight is 645 g/mol. The maximum absolute atomic E-state index is 14.9. The van der Waals surface area contributed by atoms with E-state index in [1.165, 1.54) is 22.3 Å². The Morgan fingerprint density at radius 2 is 1.30 bits per heavy atom. The summed E-state index contributed by atoms with van der Waals surface area (Å²) in [5.41, 5.74) is 10.4. The van der Waals surface area contributed by atoms with Crippen LogP contribution in [-0.4, -0.2) is 19.1 Å². The van der Waals surface area contributed by atoms with Gasteiger partial charge in [-0.1, -0.05) is 98.8 Å². The molecule has 0 aliphatic heterocycles. The molecular formula is C44H28N4O2. The van der Waals surface area contributed by atoms with Crippen LogP contribution in [0, 0.1) is 0 Å². The first kappa shape index (κ1) is 27.4. The monoisotopic (exact) mass is 644 g/mol. The molecule has 0 N–H and O–H groups in total. The molecular weight excluding hydrogens is 617 g/mol. The first-order valence-corrected chi connectivity index (χ1v) is 16.9. The molecule has 6 nitrogen and oxygen atoms in total. The largest absolute Gasteiger partial charge is 0.456 e. The fraction of sp³-hybridized carbons (Fsp3) is 0.0682. The molecule has 6 heteroatoms. The SMILES string of the molecule is CC1(C)c2ccccc2-c2cc3c4ccccc4n(-c4ncnc5c6ccccc6c(=O)n(-c6cccc7oc8ccccc8c67)c45)c3cc21. The van der Waals surface area contributed by atoms with Gasteiger partial charge in [-0.3, -0.25) is 13.9 Å². The second-order valence-electron chi connectivity index (χ2n) is 13.8. The molecule has 0 saturated carbocycles. The van der Waals surface area contributed by atoms with E-state index in [1.54, 1.807) is 6.33 Å². The molecule has 4 heterocycles. The zero-order valence-electron chi connectivity index (χ0n) is 27.3. The summed E-state index contributed by atoms with van der Waals surface area (Å²) in [6.45, 7) is 4.60. The molecule has 1 aliphatic carbocycles. The minimum atomic E-state index is -0.189. The van der Waals surface area contributed by atoms with Gasteiger partial charge in [-0.05, 0) is 64.7 Å². The number of benzene rings is 6. The van der Waals surface area contributed by atoms with Gasteiger partial charge < -0.3 is 4.42 Å². The van der Waals surface area contributed by atoms with Crippen molar-refractivity contribution in [3.8, 4) is 22.6 Å². The molecule has 50 heavy (non-hydrogen) atoms. The number of fused-ring (bicyclic) bond motifs is 12. The highest BCUT2D eigenvalue weighted by Gasteiger charge is 2.36. The van der Waals surface area contributed by atoms with Gasteiger partial charge in [0.2, 0.25) is 0 Å². The molecule has 0 saturated heterocycles. The number of nitrogens with zero attached hydrogens (tertiary/aromatic N) is 4. The number of aromatic nitrogens is 4. The van der Waals surface area contributed by atoms with Crippen molar-refractivity contribution in [2.24, 2.45) is 0 Å². The summed E-state index contributed by atoms with van der Waals surface area (Å²) >= 11 is 0. The maximum Gasteiger partial charge on any atom is 0.263 e. The zero-order chi connectivity index (χ0) is 33.3. The lowest BCUT2D eigenvalue weighted by Gasteiger charge is -2.22. The molecule has 11 rings (SSSR count). The summed E-state index contributed by atoms with van der Waals surface area (Å²) in [7, 11) is 0. The smallest absolute Gasteiger partial charge is 0.263 e. The third kappa shape index (κ3) is 3.39. The summed E-state index contributed by atoms with van der Waals surface area (Å²) in [6.07, 6.45) is 1.63. The van der Waals surface area contributed by atoms with E-state index in [1.807, 2.05) is 71.3 Å². The fourth-order valence-electron chi connectivity index (χ4n) is 8.60. The molecule has 0 spiro atoms. The number of hydrogen-bond acceptors (Lipinski definition) is 4. The van der Waals surface area contributed by atoms with Gasteiger partial charge in [0, 0.05) is 32.3 Å². The summed E-state index contributed by atoms with van der Waals surface area (Å²) in [5.74, 6) is 0.641. The molecule has 0 unspecified atom stereocenters. The van der Waals surface area contributed by atoms with Gasteiger partial charge in [0.1, 0.15) is 28.5 Å².